The molecule has 2 aromatic carbocycles. The van der Waals surface area contributed by atoms with Crippen molar-refractivity contribution in [3.05, 3.63) is 47.3 Å². The van der Waals surface area contributed by atoms with Crippen LogP contribution in [0.3, 0.4) is 0 Å². The first-order valence-corrected chi connectivity index (χ1v) is 20.0. The van der Waals surface area contributed by atoms with Crippen molar-refractivity contribution >= 4 is 60.8 Å². The normalized spacial score (nSPS) is 30.7. The van der Waals surface area contributed by atoms with Gasteiger partial charge in [0, 0.05) is 74.2 Å². The number of phenols is 2. The number of hydrogen-bond acceptors (Lipinski definition) is 14. The van der Waals surface area contributed by atoms with E-state index >= 15 is 0 Å². The van der Waals surface area contributed by atoms with Crippen LogP contribution < -0.4 is 15.0 Å². The van der Waals surface area contributed by atoms with Gasteiger partial charge in [-0.15, -0.1) is 0 Å². The number of carbonyl (C=O) groups excluding carboxylic acids is 3. The Morgan fingerprint density at radius 1 is 1.00 bits per heavy atom. The van der Waals surface area contributed by atoms with E-state index in [1.54, 1.807) is 65.8 Å². The number of allylic oxidation sites excluding steroid dienone is 2. The molecule has 9 atom stereocenters. The molecule has 1 aromatic heterocycles. The third-order valence-corrected chi connectivity index (χ3v) is 12.5. The van der Waals surface area contributed by atoms with Gasteiger partial charge in [-0.25, -0.2) is 4.98 Å². The molecule has 0 radical (unpaired) electrons. The minimum Gasteiger partial charge on any atom is -0.507 e. The second-order valence-corrected chi connectivity index (χ2v) is 16.2. The number of thiazole rings is 1. The van der Waals surface area contributed by atoms with Crippen LogP contribution in [0.1, 0.15) is 78.2 Å². The number of esters is 1. The lowest BCUT2D eigenvalue weighted by molar-refractivity contribution is -0.160. The van der Waals surface area contributed by atoms with Crippen LogP contribution in [0, 0.1) is 30.6 Å². The number of aromatic nitrogens is 1. The summed E-state index contributed by atoms with van der Waals surface area (Å²) < 4.78 is 24.2. The van der Waals surface area contributed by atoms with Gasteiger partial charge in [0.2, 0.25) is 0 Å². The second kappa shape index (κ2) is 17.0. The predicted molar refractivity (Wildman–Crippen MR) is 219 cm³/mol. The number of hydrogen-bond donors (Lipinski definition) is 5. The molecule has 0 saturated carbocycles. The van der Waals surface area contributed by atoms with E-state index in [4.69, 9.17) is 23.9 Å². The van der Waals surface area contributed by atoms with Crippen molar-refractivity contribution in [2.24, 2.45) is 23.7 Å². The number of methoxy groups -OCH3 is 1. The summed E-state index contributed by atoms with van der Waals surface area (Å²) in [6.07, 6.45) is 3.95. The fraction of sp³-hybridized carbons (Fsp3) is 0.524. The largest absolute Gasteiger partial charge is 0.507 e. The van der Waals surface area contributed by atoms with E-state index in [-0.39, 0.29) is 50.2 Å². The minimum atomic E-state index is -1.94. The average Bonchev–Trinajstić information content (AvgIpc) is 3.72. The van der Waals surface area contributed by atoms with Gasteiger partial charge in [-0.3, -0.25) is 14.4 Å². The minimum absolute atomic E-state index is 0.0139. The molecule has 4 bridgehead atoms. The number of phenolic OH excluding ortho intramolecular Hbond substituents is 2. The van der Waals surface area contributed by atoms with Crippen molar-refractivity contribution in [3.63, 3.8) is 0 Å². The summed E-state index contributed by atoms with van der Waals surface area (Å²) in [6.45, 7) is 18.0. The van der Waals surface area contributed by atoms with E-state index < -0.39 is 77.3 Å². The van der Waals surface area contributed by atoms with E-state index in [9.17, 15) is 34.8 Å². The molecule has 0 fully saturated rings. The number of nitrogens with zero attached hydrogens (tertiary/aromatic N) is 2. The molecule has 1 amide bonds. The number of ether oxygens (including phenoxy) is 4. The van der Waals surface area contributed by atoms with Gasteiger partial charge in [0.25, 0.3) is 11.7 Å². The average molecular weight is 810 g/mol. The van der Waals surface area contributed by atoms with Crippen molar-refractivity contribution in [2.45, 2.75) is 99.4 Å². The molecule has 0 aliphatic carbocycles. The Hall–Kier alpha value is -4.70. The lowest BCUT2D eigenvalue weighted by Gasteiger charge is -2.38. The van der Waals surface area contributed by atoms with Crippen molar-refractivity contribution in [2.75, 3.05) is 30.4 Å². The van der Waals surface area contributed by atoms with E-state index in [1.165, 1.54) is 38.6 Å². The summed E-state index contributed by atoms with van der Waals surface area (Å²) in [6, 6.07) is 0. The van der Waals surface area contributed by atoms with Crippen molar-refractivity contribution in [1.29, 1.82) is 0 Å². The molecule has 310 valence electrons. The van der Waals surface area contributed by atoms with Gasteiger partial charge in [-0.05, 0) is 33.8 Å². The summed E-state index contributed by atoms with van der Waals surface area (Å²) in [5, 5.41) is 49.9. The third-order valence-electron chi connectivity index (χ3n) is 11.4. The van der Waals surface area contributed by atoms with E-state index in [2.05, 4.69) is 5.32 Å². The molecule has 5 N–H and O–H groups in total. The van der Waals surface area contributed by atoms with Crippen molar-refractivity contribution in [3.8, 4) is 17.2 Å². The summed E-state index contributed by atoms with van der Waals surface area (Å²) in [5.74, 6) is -6.80. The highest BCUT2D eigenvalue weighted by Crippen LogP contribution is 2.55. The van der Waals surface area contributed by atoms with Crippen LogP contribution >= 0.6 is 11.3 Å². The number of aromatic hydroxyl groups is 2. The molecule has 0 unspecified atom stereocenters. The van der Waals surface area contributed by atoms with Crippen LogP contribution in [-0.4, -0.2) is 93.5 Å². The number of nitrogens with one attached hydrogen (secondary N) is 1. The van der Waals surface area contributed by atoms with Gasteiger partial charge in [0.05, 0.1) is 45.7 Å². The molecule has 15 heteroatoms. The topological polar surface area (TPSA) is 197 Å². The van der Waals surface area contributed by atoms with Crippen LogP contribution in [0.5, 0.6) is 17.2 Å². The molecule has 57 heavy (non-hydrogen) atoms. The molecule has 0 saturated heterocycles. The molecular formula is C42H55N3O11S. The van der Waals surface area contributed by atoms with Gasteiger partial charge in [0.1, 0.15) is 23.3 Å². The van der Waals surface area contributed by atoms with Gasteiger partial charge >= 0.3 is 11.8 Å². The molecule has 0 spiro atoms. The molecule has 2 aliphatic rings. The van der Waals surface area contributed by atoms with Gasteiger partial charge in [0.15, 0.2) is 10.9 Å². The number of carbonyl (C=O) groups is 3. The van der Waals surface area contributed by atoms with Crippen LogP contribution in [0.15, 0.2) is 36.1 Å². The number of rotatable bonds is 5. The molecule has 2 aliphatic heterocycles. The maximum Gasteiger partial charge on any atom is 0.312 e. The quantitative estimate of drug-likeness (QED) is 0.138. The van der Waals surface area contributed by atoms with Crippen LogP contribution in [0.4, 0.5) is 10.8 Å². The highest BCUT2D eigenvalue weighted by atomic mass is 32.1. The molecule has 3 heterocycles. The number of Topliss-reactive ketones (excluding diaryl/α,β-unsaturated/α-hetero) is 1. The smallest absolute Gasteiger partial charge is 0.312 e. The standard InChI is InChI=1S/C42H55N3O11S/c1-12-45(13-2)41-44-30-27-28-34(49)24(8)37-29(27)39(51)42(10,56-37)54-18-17-26(53-11)21(5)36(55-25(9)46)23(7)33(48)22(6)32(47)19(3)15-14-16-20(4)40(52)43-31(35(28)50)38(30)57-41/h14-19,21-23,26,32-33,36,47-50H,12-13H2,1-11H3,(H,43,52)/b15-14-,18-17-,20-16-/t19-,21+,22+,23+,26-,32-,33+,36+,42-/m0/s1. The highest BCUT2D eigenvalue weighted by Gasteiger charge is 2.50. The van der Waals surface area contributed by atoms with Crippen LogP contribution in [0.2, 0.25) is 0 Å². The van der Waals surface area contributed by atoms with Gasteiger partial charge < -0.3 is 49.6 Å². The van der Waals surface area contributed by atoms with Crippen LogP contribution in [-0.2, 0) is 23.8 Å². The fourth-order valence-electron chi connectivity index (χ4n) is 7.74. The van der Waals surface area contributed by atoms with Crippen molar-refractivity contribution < 1.29 is 53.8 Å². The van der Waals surface area contributed by atoms with Gasteiger partial charge in [-0.1, -0.05) is 57.3 Å². The SMILES string of the molecule is CCN(CC)c1nc2c(s1)c1c(O)c3c(O)c(C)c4c(c32)C(=O)[C@@](C)(O/C=C\[C@H](OC)[C@@H](C)[C@@H](OC(C)=O)[C@H](C)[C@H](O)[C@H](C)[C@@H](O)[C@@H](C)/C=C\C=C(\C)C(=O)N1)O4. The Morgan fingerprint density at radius 2 is 1.67 bits per heavy atom. The Morgan fingerprint density at radius 3 is 2.28 bits per heavy atom. The summed E-state index contributed by atoms with van der Waals surface area (Å²) in [5.41, 5.74) is 0.740. The second-order valence-electron chi connectivity index (χ2n) is 15.2. The number of benzene rings is 2. The lowest BCUT2D eigenvalue weighted by atomic mass is 9.78. The summed E-state index contributed by atoms with van der Waals surface area (Å²) in [4.78, 5) is 47.5. The predicted octanol–water partition coefficient (Wildman–Crippen LogP) is 6.50. The number of ketones is 1. The molecule has 3 aromatic rings. The van der Waals surface area contributed by atoms with E-state index in [0.717, 1.165) is 0 Å². The zero-order chi connectivity index (χ0) is 42.3. The maximum absolute atomic E-state index is 14.5. The monoisotopic (exact) mass is 809 g/mol. The zero-order valence-corrected chi connectivity index (χ0v) is 35.2. The first-order valence-electron chi connectivity index (χ1n) is 19.2. The third kappa shape index (κ3) is 7.94. The lowest BCUT2D eigenvalue weighted by Crippen LogP contribution is -2.46. The van der Waals surface area contributed by atoms with Crippen molar-refractivity contribution in [1.82, 2.24) is 4.98 Å². The Labute approximate surface area is 336 Å². The Kier molecular flexibility index (Phi) is 13.0. The molecule has 5 rings (SSSR count). The Balaban J connectivity index is 1.75. The number of fused-ring (bicyclic) bond motifs is 1. The van der Waals surface area contributed by atoms with E-state index in [1.807, 2.05) is 18.7 Å². The fourth-order valence-corrected chi connectivity index (χ4v) is 8.94. The zero-order valence-electron chi connectivity index (χ0n) is 34.4. The van der Waals surface area contributed by atoms with E-state index in [0.29, 0.717) is 22.9 Å². The molecular weight excluding hydrogens is 755 g/mol. The molecule has 14 nitrogen and oxygen atoms in total. The summed E-state index contributed by atoms with van der Waals surface area (Å²) in [7, 11) is 1.46. The summed E-state index contributed by atoms with van der Waals surface area (Å²) >= 11 is 1.22. The van der Waals surface area contributed by atoms with Gasteiger partial charge in [-0.2, -0.15) is 0 Å². The first kappa shape index (κ1) is 43.4. The first-order chi connectivity index (χ1) is 26.8. The Bertz CT molecular complexity index is 2140. The number of aliphatic hydroxyl groups is 2. The number of anilines is 2. The highest BCUT2D eigenvalue weighted by molar-refractivity contribution is 7.23. The van der Waals surface area contributed by atoms with Crippen LogP contribution in [0.25, 0.3) is 21.0 Å². The maximum atomic E-state index is 14.5. The number of aliphatic hydroxyl groups excluding tert-OH is 2. The number of amides is 1.